The molecule has 0 aliphatic carbocycles. The van der Waals surface area contributed by atoms with Gasteiger partial charge in [0.05, 0.1) is 0 Å². The second-order valence-electron chi connectivity index (χ2n) is 3.84. The van der Waals surface area contributed by atoms with Crippen LogP contribution in [0, 0.1) is 3.57 Å². The van der Waals surface area contributed by atoms with Crippen molar-refractivity contribution in [3.63, 3.8) is 0 Å². The predicted octanol–water partition coefficient (Wildman–Crippen LogP) is 3.31. The van der Waals surface area contributed by atoms with Gasteiger partial charge in [0.25, 0.3) is 0 Å². The molecule has 0 saturated carbocycles. The number of aliphatic carboxylic acids is 1. The van der Waals surface area contributed by atoms with Gasteiger partial charge in [0.1, 0.15) is 5.75 Å². The Labute approximate surface area is 109 Å². The number of carbonyl (C=O) groups is 1. The second-order valence-corrected chi connectivity index (χ2v) is 5.09. The molecule has 0 aromatic heterocycles. The van der Waals surface area contributed by atoms with Crippen LogP contribution in [0.1, 0.15) is 26.7 Å². The molecule has 0 radical (unpaired) electrons. The number of hydrogen-bond donors (Lipinski definition) is 1. The molecule has 1 atom stereocenters. The lowest BCUT2D eigenvalue weighted by Crippen LogP contribution is -2.41. The van der Waals surface area contributed by atoms with E-state index >= 15 is 0 Å². The Bertz CT molecular complexity index is 361. The minimum atomic E-state index is -1.14. The smallest absolute Gasteiger partial charge is 0.347 e. The summed E-state index contributed by atoms with van der Waals surface area (Å²) in [5.41, 5.74) is -1.14. The number of benzene rings is 1. The van der Waals surface area contributed by atoms with Gasteiger partial charge in [-0.15, -0.1) is 0 Å². The lowest BCUT2D eigenvalue weighted by Gasteiger charge is -2.25. The van der Waals surface area contributed by atoms with Crippen LogP contribution in [0.5, 0.6) is 5.75 Å². The van der Waals surface area contributed by atoms with E-state index in [-0.39, 0.29) is 0 Å². The van der Waals surface area contributed by atoms with Crippen LogP contribution in [0.4, 0.5) is 0 Å². The normalized spacial score (nSPS) is 14.2. The summed E-state index contributed by atoms with van der Waals surface area (Å²) in [5.74, 6) is -0.327. The molecule has 0 saturated heterocycles. The summed E-state index contributed by atoms with van der Waals surface area (Å²) < 4.78 is 6.65. The predicted molar refractivity (Wildman–Crippen MR) is 70.7 cm³/mol. The number of rotatable bonds is 5. The summed E-state index contributed by atoms with van der Waals surface area (Å²) in [6, 6.07) is 7.37. The van der Waals surface area contributed by atoms with Crippen LogP contribution in [0.25, 0.3) is 0 Å². The second kappa shape index (κ2) is 5.52. The first kappa shape index (κ1) is 13.3. The van der Waals surface area contributed by atoms with Gasteiger partial charge in [-0.05, 0) is 60.2 Å². The van der Waals surface area contributed by atoms with E-state index in [1.54, 1.807) is 19.1 Å². The van der Waals surface area contributed by atoms with Gasteiger partial charge in [0.2, 0.25) is 5.60 Å². The van der Waals surface area contributed by atoms with Crippen molar-refractivity contribution in [3.05, 3.63) is 27.8 Å². The van der Waals surface area contributed by atoms with E-state index in [1.165, 1.54) is 0 Å². The Morgan fingerprint density at radius 1 is 1.44 bits per heavy atom. The molecule has 1 aromatic carbocycles. The fraction of sp³-hybridized carbons (Fsp3) is 0.417. The van der Waals surface area contributed by atoms with Crippen LogP contribution >= 0.6 is 22.6 Å². The number of carboxylic acids is 1. The first-order chi connectivity index (χ1) is 7.48. The zero-order chi connectivity index (χ0) is 12.2. The van der Waals surface area contributed by atoms with E-state index in [0.717, 1.165) is 9.99 Å². The number of halogens is 1. The van der Waals surface area contributed by atoms with Crippen molar-refractivity contribution in [2.45, 2.75) is 32.3 Å². The third kappa shape index (κ3) is 3.37. The molecule has 0 spiro atoms. The maximum Gasteiger partial charge on any atom is 0.347 e. The van der Waals surface area contributed by atoms with Crippen molar-refractivity contribution in [2.75, 3.05) is 0 Å². The van der Waals surface area contributed by atoms with Crippen molar-refractivity contribution >= 4 is 28.6 Å². The molecular weight excluding hydrogens is 319 g/mol. The minimum absolute atomic E-state index is 0.494. The van der Waals surface area contributed by atoms with E-state index < -0.39 is 11.6 Å². The van der Waals surface area contributed by atoms with E-state index in [4.69, 9.17) is 9.84 Å². The summed E-state index contributed by atoms with van der Waals surface area (Å²) >= 11 is 2.19. The van der Waals surface area contributed by atoms with Gasteiger partial charge in [-0.3, -0.25) is 0 Å². The monoisotopic (exact) mass is 334 g/mol. The maximum atomic E-state index is 11.2. The van der Waals surface area contributed by atoms with Gasteiger partial charge in [0.15, 0.2) is 0 Å². The van der Waals surface area contributed by atoms with Gasteiger partial charge in [-0.25, -0.2) is 4.79 Å². The first-order valence-electron chi connectivity index (χ1n) is 5.16. The van der Waals surface area contributed by atoms with Crippen LogP contribution in [-0.2, 0) is 4.79 Å². The average Bonchev–Trinajstić information content (AvgIpc) is 2.22. The molecule has 88 valence electrons. The van der Waals surface area contributed by atoms with Crippen LogP contribution in [0.3, 0.4) is 0 Å². The Morgan fingerprint density at radius 2 is 2.00 bits per heavy atom. The lowest BCUT2D eigenvalue weighted by molar-refractivity contribution is -0.154. The lowest BCUT2D eigenvalue weighted by atomic mass is 10.0. The van der Waals surface area contributed by atoms with Gasteiger partial charge in [0, 0.05) is 3.57 Å². The summed E-state index contributed by atoms with van der Waals surface area (Å²) in [6.07, 6.45) is 1.27. The molecular formula is C12H15IO3. The Morgan fingerprint density at radius 3 is 2.44 bits per heavy atom. The highest BCUT2D eigenvalue weighted by molar-refractivity contribution is 14.1. The van der Waals surface area contributed by atoms with E-state index in [0.29, 0.717) is 12.2 Å². The molecule has 1 aromatic rings. The van der Waals surface area contributed by atoms with Crippen LogP contribution in [-0.4, -0.2) is 16.7 Å². The summed E-state index contributed by atoms with van der Waals surface area (Å²) in [7, 11) is 0. The third-order valence-electron chi connectivity index (χ3n) is 2.34. The summed E-state index contributed by atoms with van der Waals surface area (Å²) in [6.45, 7) is 3.55. The minimum Gasteiger partial charge on any atom is -0.478 e. The average molecular weight is 334 g/mol. The molecule has 0 fully saturated rings. The van der Waals surface area contributed by atoms with Crippen molar-refractivity contribution in [1.29, 1.82) is 0 Å². The van der Waals surface area contributed by atoms with E-state index in [1.807, 2.05) is 19.1 Å². The molecule has 0 heterocycles. The number of ether oxygens (including phenoxy) is 1. The topological polar surface area (TPSA) is 46.5 Å². The fourth-order valence-corrected chi connectivity index (χ4v) is 1.80. The molecule has 0 aliphatic heterocycles. The standard InChI is InChI=1S/C12H15IO3/c1-3-8-12(2,11(14)15)16-10-6-4-9(13)5-7-10/h4-7H,3,8H2,1-2H3,(H,14,15). The van der Waals surface area contributed by atoms with Crippen molar-refractivity contribution in [3.8, 4) is 5.75 Å². The van der Waals surface area contributed by atoms with Crippen molar-refractivity contribution in [2.24, 2.45) is 0 Å². The highest BCUT2D eigenvalue weighted by Crippen LogP contribution is 2.23. The molecule has 0 bridgehead atoms. The zero-order valence-corrected chi connectivity index (χ0v) is 11.5. The Kier molecular flexibility index (Phi) is 4.58. The van der Waals surface area contributed by atoms with Gasteiger partial charge in [-0.2, -0.15) is 0 Å². The fourth-order valence-electron chi connectivity index (χ4n) is 1.44. The van der Waals surface area contributed by atoms with Crippen LogP contribution in [0.2, 0.25) is 0 Å². The Hall–Kier alpha value is -0.780. The van der Waals surface area contributed by atoms with E-state index in [9.17, 15) is 4.79 Å². The van der Waals surface area contributed by atoms with Crippen molar-refractivity contribution in [1.82, 2.24) is 0 Å². The van der Waals surface area contributed by atoms with Gasteiger partial charge < -0.3 is 9.84 Å². The van der Waals surface area contributed by atoms with Gasteiger partial charge in [-0.1, -0.05) is 13.3 Å². The highest BCUT2D eigenvalue weighted by atomic mass is 127. The van der Waals surface area contributed by atoms with Crippen molar-refractivity contribution < 1.29 is 14.6 Å². The summed E-state index contributed by atoms with van der Waals surface area (Å²) in [4.78, 5) is 11.2. The molecule has 1 N–H and O–H groups in total. The van der Waals surface area contributed by atoms with Gasteiger partial charge >= 0.3 is 5.97 Å². The molecule has 1 rings (SSSR count). The SMILES string of the molecule is CCCC(C)(Oc1ccc(I)cc1)C(=O)O. The first-order valence-corrected chi connectivity index (χ1v) is 6.24. The van der Waals surface area contributed by atoms with Crippen LogP contribution in [0.15, 0.2) is 24.3 Å². The Balaban J connectivity index is 2.83. The zero-order valence-electron chi connectivity index (χ0n) is 9.37. The number of hydrogen-bond acceptors (Lipinski definition) is 2. The molecule has 3 nitrogen and oxygen atoms in total. The van der Waals surface area contributed by atoms with Crippen LogP contribution < -0.4 is 4.74 Å². The van der Waals surface area contributed by atoms with E-state index in [2.05, 4.69) is 22.6 Å². The summed E-state index contributed by atoms with van der Waals surface area (Å²) in [5, 5.41) is 9.15. The molecule has 0 aliphatic rings. The molecule has 1 unspecified atom stereocenters. The molecule has 0 amide bonds. The number of carboxylic acid groups (broad SMARTS) is 1. The molecule has 16 heavy (non-hydrogen) atoms. The maximum absolute atomic E-state index is 11.2. The largest absolute Gasteiger partial charge is 0.478 e. The highest BCUT2D eigenvalue weighted by Gasteiger charge is 2.34. The quantitative estimate of drug-likeness (QED) is 0.841. The molecule has 4 heteroatoms. The third-order valence-corrected chi connectivity index (χ3v) is 3.06.